The van der Waals surface area contributed by atoms with Gasteiger partial charge in [-0.25, -0.2) is 0 Å². The van der Waals surface area contributed by atoms with Crippen LogP contribution in [0.2, 0.25) is 0 Å². The number of aldehydes is 1. The molecule has 3 aliphatic rings. The lowest BCUT2D eigenvalue weighted by molar-refractivity contribution is -0.184. The SMILES string of the molecule is CN(C)c1c(C=O)cc(O)c2c1CC1CC3[C@H](N(C)C)C(O)C(C(N)=O)C(=O)C3(O)C(=O)C1=C2O. The third-order valence-corrected chi connectivity index (χ3v) is 7.66. The number of aliphatic hydroxyl groups is 3. The highest BCUT2D eigenvalue weighted by molar-refractivity contribution is 6.25. The topological polar surface area (TPSA) is 182 Å². The maximum Gasteiger partial charge on any atom is 0.230 e. The van der Waals surface area contributed by atoms with Crippen molar-refractivity contribution in [3.05, 3.63) is 28.3 Å². The molecule has 1 amide bonds. The molecule has 2 fully saturated rings. The lowest BCUT2D eigenvalue weighted by Crippen LogP contribution is -2.73. The lowest BCUT2D eigenvalue weighted by Gasteiger charge is -2.53. The van der Waals surface area contributed by atoms with Gasteiger partial charge < -0.3 is 36.0 Å². The number of nitrogens with zero attached hydrogens (tertiary/aromatic N) is 2. The number of anilines is 1. The number of phenolic OH excluding ortho intramolecular Hbond substituents is 1. The van der Waals surface area contributed by atoms with Crippen molar-refractivity contribution in [2.24, 2.45) is 23.5 Å². The van der Waals surface area contributed by atoms with Gasteiger partial charge in [0.2, 0.25) is 11.7 Å². The second-order valence-corrected chi connectivity index (χ2v) is 9.99. The maximum atomic E-state index is 13.8. The number of primary amides is 1. The minimum absolute atomic E-state index is 0.0111. The van der Waals surface area contributed by atoms with Gasteiger partial charge in [0.1, 0.15) is 17.4 Å². The van der Waals surface area contributed by atoms with Crippen LogP contribution < -0.4 is 10.6 Å². The molecule has 11 nitrogen and oxygen atoms in total. The highest BCUT2D eigenvalue weighted by atomic mass is 16.3. The third-order valence-electron chi connectivity index (χ3n) is 7.66. The van der Waals surface area contributed by atoms with Crippen LogP contribution in [0.5, 0.6) is 5.75 Å². The zero-order valence-electron chi connectivity index (χ0n) is 19.8. The van der Waals surface area contributed by atoms with Crippen LogP contribution in [0.25, 0.3) is 5.76 Å². The molecule has 3 aliphatic carbocycles. The highest BCUT2D eigenvalue weighted by Gasteiger charge is 2.67. The molecule has 2 saturated carbocycles. The number of rotatable bonds is 4. The van der Waals surface area contributed by atoms with E-state index in [1.165, 1.54) is 11.0 Å². The first-order valence-electron chi connectivity index (χ1n) is 11.2. The van der Waals surface area contributed by atoms with Gasteiger partial charge in [0.25, 0.3) is 0 Å². The second-order valence-electron chi connectivity index (χ2n) is 9.99. The van der Waals surface area contributed by atoms with Gasteiger partial charge in [-0.15, -0.1) is 0 Å². The number of aromatic hydroxyl groups is 1. The van der Waals surface area contributed by atoms with Crippen LogP contribution in [0, 0.1) is 17.8 Å². The number of hydrogen-bond donors (Lipinski definition) is 5. The van der Waals surface area contributed by atoms with Crippen molar-refractivity contribution in [2.45, 2.75) is 30.6 Å². The van der Waals surface area contributed by atoms with Crippen LogP contribution in [0.1, 0.15) is 27.9 Å². The molecular formula is C24H29N3O8. The molecule has 0 bridgehead atoms. The Morgan fingerprint density at radius 2 is 1.83 bits per heavy atom. The number of Topliss-reactive ketones (excluding diaryl/α,β-unsaturated/α-hetero) is 2. The Hall–Kier alpha value is -3.28. The molecule has 1 aromatic rings. The predicted octanol–water partition coefficient (Wildman–Crippen LogP) is -0.992. The molecule has 0 aliphatic heterocycles. The van der Waals surface area contributed by atoms with Crippen LogP contribution in [0.15, 0.2) is 11.6 Å². The summed E-state index contributed by atoms with van der Waals surface area (Å²) in [6.07, 6.45) is -0.832. The quantitative estimate of drug-likeness (QED) is 0.261. The smallest absolute Gasteiger partial charge is 0.230 e. The first-order chi connectivity index (χ1) is 16.3. The zero-order chi connectivity index (χ0) is 26.1. The van der Waals surface area contributed by atoms with Crippen molar-refractivity contribution in [3.8, 4) is 5.75 Å². The summed E-state index contributed by atoms with van der Waals surface area (Å²) in [7, 11) is 6.57. The van der Waals surface area contributed by atoms with E-state index in [2.05, 4.69) is 0 Å². The molecule has 4 rings (SSSR count). The van der Waals surface area contributed by atoms with Gasteiger partial charge in [-0.2, -0.15) is 0 Å². The summed E-state index contributed by atoms with van der Waals surface area (Å²) in [6, 6.07) is 0.212. The van der Waals surface area contributed by atoms with Crippen LogP contribution in [0.4, 0.5) is 5.69 Å². The molecule has 5 unspecified atom stereocenters. The zero-order valence-corrected chi connectivity index (χ0v) is 19.8. The van der Waals surface area contributed by atoms with Crippen LogP contribution in [-0.4, -0.2) is 95.0 Å². The van der Waals surface area contributed by atoms with Crippen molar-refractivity contribution >= 4 is 35.2 Å². The number of phenols is 1. The molecular weight excluding hydrogens is 458 g/mol. The fourth-order valence-corrected chi connectivity index (χ4v) is 6.31. The lowest BCUT2D eigenvalue weighted by atomic mass is 9.54. The Bertz CT molecular complexity index is 1190. The highest BCUT2D eigenvalue weighted by Crippen LogP contribution is 2.53. The Balaban J connectivity index is 1.97. The molecule has 0 spiro atoms. The normalized spacial score (nSPS) is 32.1. The summed E-state index contributed by atoms with van der Waals surface area (Å²) in [5, 5.41) is 44.3. The van der Waals surface area contributed by atoms with Crippen molar-refractivity contribution < 1.29 is 39.6 Å². The number of likely N-dealkylation sites (N-methyl/N-ethyl adjacent to an activating group) is 1. The predicted molar refractivity (Wildman–Crippen MR) is 124 cm³/mol. The molecule has 1 aromatic carbocycles. The van der Waals surface area contributed by atoms with E-state index >= 15 is 0 Å². The molecule has 11 heteroatoms. The molecule has 0 heterocycles. The van der Waals surface area contributed by atoms with Crippen LogP contribution >= 0.6 is 0 Å². The molecule has 188 valence electrons. The summed E-state index contributed by atoms with van der Waals surface area (Å²) in [5.74, 6) is -8.08. The fraction of sp³-hybridized carbons (Fsp3) is 0.500. The number of nitrogens with two attached hydrogens (primary N) is 1. The average molecular weight is 488 g/mol. The minimum atomic E-state index is -2.70. The third kappa shape index (κ3) is 3.22. The van der Waals surface area contributed by atoms with Gasteiger partial charge >= 0.3 is 0 Å². The molecule has 0 radical (unpaired) electrons. The van der Waals surface area contributed by atoms with Crippen LogP contribution in [0.3, 0.4) is 0 Å². The van der Waals surface area contributed by atoms with Crippen molar-refractivity contribution in [1.82, 2.24) is 4.90 Å². The van der Waals surface area contributed by atoms with Gasteiger partial charge in [0, 0.05) is 37.2 Å². The number of hydrogen-bond acceptors (Lipinski definition) is 10. The van der Waals surface area contributed by atoms with Gasteiger partial charge in [0.05, 0.1) is 17.4 Å². The largest absolute Gasteiger partial charge is 0.507 e. The Morgan fingerprint density at radius 3 is 2.34 bits per heavy atom. The van der Waals surface area contributed by atoms with Gasteiger partial charge in [-0.1, -0.05) is 0 Å². The van der Waals surface area contributed by atoms with E-state index in [4.69, 9.17) is 5.73 Å². The number of carbonyl (C=O) groups excluding carboxylic acids is 4. The monoisotopic (exact) mass is 487 g/mol. The minimum Gasteiger partial charge on any atom is -0.507 e. The molecule has 0 aromatic heterocycles. The number of benzene rings is 1. The van der Waals surface area contributed by atoms with E-state index in [0.717, 1.165) is 0 Å². The molecule has 6 N–H and O–H groups in total. The first-order valence-corrected chi connectivity index (χ1v) is 11.2. The van der Waals surface area contributed by atoms with E-state index < -0.39 is 64.5 Å². The Kier molecular flexibility index (Phi) is 5.78. The Labute approximate surface area is 201 Å². The second kappa shape index (κ2) is 8.14. The fourth-order valence-electron chi connectivity index (χ4n) is 6.31. The summed E-state index contributed by atoms with van der Waals surface area (Å²) < 4.78 is 0. The van der Waals surface area contributed by atoms with E-state index in [1.54, 1.807) is 33.1 Å². The number of amides is 1. The number of ketones is 2. The van der Waals surface area contributed by atoms with Crippen molar-refractivity contribution in [3.63, 3.8) is 0 Å². The first kappa shape index (κ1) is 24.8. The summed E-state index contributed by atoms with van der Waals surface area (Å²) >= 11 is 0. The molecule has 0 saturated heterocycles. The van der Waals surface area contributed by atoms with Gasteiger partial charge in [-0.05, 0) is 44.5 Å². The average Bonchev–Trinajstić information content (AvgIpc) is 2.74. The van der Waals surface area contributed by atoms with E-state index in [1.807, 2.05) is 0 Å². The van der Waals surface area contributed by atoms with E-state index in [9.17, 15) is 39.6 Å². The molecule has 6 atom stereocenters. The van der Waals surface area contributed by atoms with Gasteiger partial charge in [-0.3, -0.25) is 19.2 Å². The van der Waals surface area contributed by atoms with Crippen LogP contribution in [-0.2, 0) is 20.8 Å². The van der Waals surface area contributed by atoms with Crippen molar-refractivity contribution in [1.29, 1.82) is 0 Å². The standard InChI is InChI=1S/C24H29N3O8/c1-26(2)17-10(8-28)7-13(29)15-11(17)5-9-6-12-18(27(3)4)20(31)16(23(25)34)22(33)24(12,35)21(32)14(9)19(15)30/h7-9,12,16,18,20,29-31,35H,5-6H2,1-4H3,(H2,25,34)/t9?,12?,16?,18-,20?,24?/m0/s1. The number of aliphatic hydroxyl groups excluding tert-OH is 2. The number of carbonyl (C=O) groups is 4. The van der Waals surface area contributed by atoms with E-state index in [0.29, 0.717) is 17.5 Å². The molecule has 35 heavy (non-hydrogen) atoms. The summed E-state index contributed by atoms with van der Waals surface area (Å²) in [4.78, 5) is 54.0. The van der Waals surface area contributed by atoms with Crippen molar-refractivity contribution in [2.75, 3.05) is 33.1 Å². The van der Waals surface area contributed by atoms with E-state index in [-0.39, 0.29) is 29.5 Å². The number of fused-ring (bicyclic) bond motifs is 3. The van der Waals surface area contributed by atoms with Gasteiger partial charge in [0.15, 0.2) is 17.7 Å². The maximum absolute atomic E-state index is 13.8. The summed E-state index contributed by atoms with van der Waals surface area (Å²) in [6.45, 7) is 0. The Morgan fingerprint density at radius 1 is 1.20 bits per heavy atom. The summed E-state index contributed by atoms with van der Waals surface area (Å²) in [5.41, 5.74) is 3.47.